The molecule has 21 heavy (non-hydrogen) atoms. The summed E-state index contributed by atoms with van der Waals surface area (Å²) in [7, 11) is 1.87. The lowest BCUT2D eigenvalue weighted by molar-refractivity contribution is 0.218. The Labute approximate surface area is 130 Å². The number of aryl methyl sites for hydroxylation is 2. The van der Waals surface area contributed by atoms with Crippen molar-refractivity contribution in [1.29, 1.82) is 0 Å². The van der Waals surface area contributed by atoms with E-state index in [4.69, 9.17) is 16.3 Å². The Morgan fingerprint density at radius 1 is 1.43 bits per heavy atom. The Hall–Kier alpha value is -1.52. The molecule has 1 aromatic carbocycles. The fourth-order valence-electron chi connectivity index (χ4n) is 2.80. The van der Waals surface area contributed by atoms with Crippen LogP contribution in [0.4, 0.5) is 0 Å². The van der Waals surface area contributed by atoms with Gasteiger partial charge in [-0.1, -0.05) is 29.8 Å². The first-order valence-electron chi connectivity index (χ1n) is 7.24. The highest BCUT2D eigenvalue weighted by atomic mass is 35.5. The van der Waals surface area contributed by atoms with E-state index in [0.29, 0.717) is 11.1 Å². The number of hydrogen-bond acceptors (Lipinski definition) is 3. The number of nitrogens with one attached hydrogen (secondary N) is 1. The molecule has 1 aliphatic heterocycles. The predicted molar refractivity (Wildman–Crippen MR) is 83.8 cm³/mol. The topological polar surface area (TPSA) is 39.1 Å². The van der Waals surface area contributed by atoms with E-state index in [0.717, 1.165) is 43.1 Å². The lowest BCUT2D eigenvalue weighted by atomic mass is 9.97. The third kappa shape index (κ3) is 3.06. The van der Waals surface area contributed by atoms with Crippen LogP contribution in [0.15, 0.2) is 24.3 Å². The van der Waals surface area contributed by atoms with Gasteiger partial charge in [-0.25, -0.2) is 0 Å². The SMILES string of the molecule is Cc1nn(C)c(Cl)c1CNCC1COc2ccccc2C1. The molecule has 3 rings (SSSR count). The second-order valence-electron chi connectivity index (χ2n) is 5.60. The molecule has 4 nitrogen and oxygen atoms in total. The van der Waals surface area contributed by atoms with Crippen molar-refractivity contribution in [2.24, 2.45) is 13.0 Å². The van der Waals surface area contributed by atoms with Crippen molar-refractivity contribution in [2.75, 3.05) is 13.2 Å². The molecular formula is C16H20ClN3O. The number of hydrogen-bond donors (Lipinski definition) is 1. The lowest BCUT2D eigenvalue weighted by Gasteiger charge is -2.25. The van der Waals surface area contributed by atoms with Gasteiger partial charge in [-0.3, -0.25) is 4.68 Å². The first kappa shape index (κ1) is 14.4. The normalized spacial score (nSPS) is 17.4. The van der Waals surface area contributed by atoms with Crippen LogP contribution in [0.1, 0.15) is 16.8 Å². The maximum Gasteiger partial charge on any atom is 0.131 e. The number of para-hydroxylation sites is 1. The molecule has 0 aliphatic carbocycles. The molecule has 0 radical (unpaired) electrons. The van der Waals surface area contributed by atoms with E-state index in [2.05, 4.69) is 22.5 Å². The summed E-state index contributed by atoms with van der Waals surface area (Å²) in [6.45, 7) is 4.42. The summed E-state index contributed by atoms with van der Waals surface area (Å²) < 4.78 is 7.52. The maximum atomic E-state index is 6.24. The predicted octanol–water partition coefficient (Wildman–Crippen LogP) is 2.72. The fourth-order valence-corrected chi connectivity index (χ4v) is 3.04. The van der Waals surface area contributed by atoms with Gasteiger partial charge in [0.1, 0.15) is 10.9 Å². The molecule has 0 spiro atoms. The third-order valence-electron chi connectivity index (χ3n) is 3.96. The van der Waals surface area contributed by atoms with E-state index in [1.807, 2.05) is 26.1 Å². The van der Waals surface area contributed by atoms with Gasteiger partial charge in [0.05, 0.1) is 12.3 Å². The zero-order valence-corrected chi connectivity index (χ0v) is 13.2. The molecule has 1 aliphatic rings. The van der Waals surface area contributed by atoms with Crippen molar-refractivity contribution in [2.45, 2.75) is 19.9 Å². The highest BCUT2D eigenvalue weighted by molar-refractivity contribution is 6.30. The number of halogens is 1. The van der Waals surface area contributed by atoms with Crippen molar-refractivity contribution < 1.29 is 4.74 Å². The summed E-state index contributed by atoms with van der Waals surface area (Å²) in [6, 6.07) is 8.27. The van der Waals surface area contributed by atoms with Gasteiger partial charge in [0.2, 0.25) is 0 Å². The number of aromatic nitrogens is 2. The van der Waals surface area contributed by atoms with Gasteiger partial charge in [0.25, 0.3) is 0 Å². The molecule has 2 aromatic rings. The molecule has 0 amide bonds. The molecular weight excluding hydrogens is 286 g/mol. The highest BCUT2D eigenvalue weighted by Crippen LogP contribution is 2.26. The molecule has 1 aromatic heterocycles. The van der Waals surface area contributed by atoms with Crippen molar-refractivity contribution in [1.82, 2.24) is 15.1 Å². The number of ether oxygens (including phenoxy) is 1. The Balaban J connectivity index is 1.55. The van der Waals surface area contributed by atoms with E-state index >= 15 is 0 Å². The summed E-state index contributed by atoms with van der Waals surface area (Å²) in [6.07, 6.45) is 1.06. The Bertz CT molecular complexity index is 638. The first-order chi connectivity index (χ1) is 10.1. The molecule has 0 saturated carbocycles. The second kappa shape index (κ2) is 6.08. The second-order valence-corrected chi connectivity index (χ2v) is 5.96. The summed E-state index contributed by atoms with van der Waals surface area (Å²) >= 11 is 6.24. The van der Waals surface area contributed by atoms with E-state index in [-0.39, 0.29) is 0 Å². The van der Waals surface area contributed by atoms with Crippen LogP contribution in [-0.4, -0.2) is 22.9 Å². The third-order valence-corrected chi connectivity index (χ3v) is 4.43. The van der Waals surface area contributed by atoms with Crippen molar-refractivity contribution >= 4 is 11.6 Å². The maximum absolute atomic E-state index is 6.24. The molecule has 5 heteroatoms. The molecule has 0 saturated heterocycles. The molecule has 1 unspecified atom stereocenters. The first-order valence-corrected chi connectivity index (χ1v) is 7.62. The van der Waals surface area contributed by atoms with Gasteiger partial charge in [-0.2, -0.15) is 5.10 Å². The zero-order valence-electron chi connectivity index (χ0n) is 12.4. The van der Waals surface area contributed by atoms with Gasteiger partial charge >= 0.3 is 0 Å². The van der Waals surface area contributed by atoms with Gasteiger partial charge in [0, 0.05) is 31.6 Å². The molecule has 0 bridgehead atoms. The minimum absolute atomic E-state index is 0.496. The minimum Gasteiger partial charge on any atom is -0.493 e. The number of nitrogens with zero attached hydrogens (tertiary/aromatic N) is 2. The molecule has 1 atom stereocenters. The summed E-state index contributed by atoms with van der Waals surface area (Å²) in [4.78, 5) is 0. The summed E-state index contributed by atoms with van der Waals surface area (Å²) in [5, 5.41) is 8.52. The molecule has 0 fully saturated rings. The van der Waals surface area contributed by atoms with E-state index in [9.17, 15) is 0 Å². The van der Waals surface area contributed by atoms with Gasteiger partial charge in [0.15, 0.2) is 0 Å². The van der Waals surface area contributed by atoms with Crippen molar-refractivity contribution in [3.05, 3.63) is 46.2 Å². The Kier molecular flexibility index (Phi) is 4.17. The monoisotopic (exact) mass is 305 g/mol. The van der Waals surface area contributed by atoms with Crippen LogP contribution >= 0.6 is 11.6 Å². The standard InChI is InChI=1S/C16H20ClN3O/c1-11-14(16(17)20(2)19-11)9-18-8-12-7-13-5-3-4-6-15(13)21-10-12/h3-6,12,18H,7-10H2,1-2H3. The Morgan fingerprint density at radius 2 is 2.24 bits per heavy atom. The van der Waals surface area contributed by atoms with Gasteiger partial charge < -0.3 is 10.1 Å². The van der Waals surface area contributed by atoms with Crippen LogP contribution in [0.3, 0.4) is 0 Å². The Morgan fingerprint density at radius 3 is 3.00 bits per heavy atom. The highest BCUT2D eigenvalue weighted by Gasteiger charge is 2.19. The summed E-state index contributed by atoms with van der Waals surface area (Å²) in [5.74, 6) is 1.52. The van der Waals surface area contributed by atoms with E-state index < -0.39 is 0 Å². The van der Waals surface area contributed by atoms with Gasteiger partial charge in [-0.15, -0.1) is 0 Å². The van der Waals surface area contributed by atoms with Crippen LogP contribution in [0, 0.1) is 12.8 Å². The average Bonchev–Trinajstić information content (AvgIpc) is 2.73. The zero-order chi connectivity index (χ0) is 14.8. The number of benzene rings is 1. The minimum atomic E-state index is 0.496. The number of fused-ring (bicyclic) bond motifs is 1. The van der Waals surface area contributed by atoms with Crippen molar-refractivity contribution in [3.8, 4) is 5.75 Å². The summed E-state index contributed by atoms with van der Waals surface area (Å²) in [5.41, 5.74) is 3.36. The largest absolute Gasteiger partial charge is 0.493 e. The quantitative estimate of drug-likeness (QED) is 0.944. The van der Waals surface area contributed by atoms with E-state index in [1.54, 1.807) is 4.68 Å². The van der Waals surface area contributed by atoms with Crippen LogP contribution in [0.25, 0.3) is 0 Å². The van der Waals surface area contributed by atoms with Crippen LogP contribution < -0.4 is 10.1 Å². The molecule has 1 N–H and O–H groups in total. The average molecular weight is 306 g/mol. The van der Waals surface area contributed by atoms with Crippen molar-refractivity contribution in [3.63, 3.8) is 0 Å². The van der Waals surface area contributed by atoms with Crippen LogP contribution in [-0.2, 0) is 20.0 Å². The van der Waals surface area contributed by atoms with E-state index in [1.165, 1.54) is 5.56 Å². The lowest BCUT2D eigenvalue weighted by Crippen LogP contribution is -2.31. The van der Waals surface area contributed by atoms with Crippen LogP contribution in [0.5, 0.6) is 5.75 Å². The fraction of sp³-hybridized carbons (Fsp3) is 0.438. The van der Waals surface area contributed by atoms with Crippen LogP contribution in [0.2, 0.25) is 5.15 Å². The molecule has 2 heterocycles. The smallest absolute Gasteiger partial charge is 0.131 e. The molecule has 112 valence electrons. The van der Waals surface area contributed by atoms with Gasteiger partial charge in [-0.05, 0) is 25.0 Å². The number of rotatable bonds is 4.